The first-order valence-electron chi connectivity index (χ1n) is 21.0. The van der Waals surface area contributed by atoms with Gasteiger partial charge in [-0.1, -0.05) is 145 Å². The molecule has 1 heterocycles. The highest BCUT2D eigenvalue weighted by Crippen LogP contribution is 2.43. The summed E-state index contributed by atoms with van der Waals surface area (Å²) in [5, 5.41) is 3.44. The SMILES string of the molecule is CCCCCC/C=C\C/C=C\C/C=C\CCCCC1(CCCCCCCC/C=C\C/C=C\CCCCCCC)O[C@H]2CC(NC)C[C@H]2O1. The predicted molar refractivity (Wildman–Crippen MR) is 212 cm³/mol. The Balaban J connectivity index is 1.54. The van der Waals surface area contributed by atoms with Gasteiger partial charge in [0.2, 0.25) is 0 Å². The van der Waals surface area contributed by atoms with Crippen LogP contribution in [-0.2, 0) is 9.47 Å². The Morgan fingerprint density at radius 1 is 0.458 bits per heavy atom. The van der Waals surface area contributed by atoms with Crippen LogP contribution in [0.4, 0.5) is 0 Å². The molecule has 0 aromatic heterocycles. The van der Waals surface area contributed by atoms with Crippen LogP contribution in [-0.4, -0.2) is 31.1 Å². The van der Waals surface area contributed by atoms with E-state index in [1.165, 1.54) is 128 Å². The molecule has 276 valence electrons. The van der Waals surface area contributed by atoms with Crippen molar-refractivity contribution in [3.05, 3.63) is 60.8 Å². The van der Waals surface area contributed by atoms with E-state index in [2.05, 4.69) is 87.0 Å². The summed E-state index contributed by atoms with van der Waals surface area (Å²) in [7, 11) is 2.07. The van der Waals surface area contributed by atoms with Crippen molar-refractivity contribution in [2.24, 2.45) is 0 Å². The maximum atomic E-state index is 6.76. The minimum atomic E-state index is -0.335. The Kier molecular flexibility index (Phi) is 27.1. The molecule has 0 spiro atoms. The topological polar surface area (TPSA) is 30.5 Å². The van der Waals surface area contributed by atoms with E-state index >= 15 is 0 Å². The van der Waals surface area contributed by atoms with Gasteiger partial charge in [-0.25, -0.2) is 0 Å². The van der Waals surface area contributed by atoms with Gasteiger partial charge in [-0.05, 0) is 103 Å². The number of rotatable bonds is 32. The fraction of sp³-hybridized carbons (Fsp3) is 0.778. The number of hydrogen-bond donors (Lipinski definition) is 1. The van der Waals surface area contributed by atoms with Crippen LogP contribution < -0.4 is 5.32 Å². The Hall–Kier alpha value is -1.42. The molecule has 0 amide bonds. The third-order valence-corrected chi connectivity index (χ3v) is 10.3. The summed E-state index contributed by atoms with van der Waals surface area (Å²) in [5.74, 6) is -0.335. The second-order valence-corrected chi connectivity index (χ2v) is 14.7. The molecule has 2 fully saturated rings. The van der Waals surface area contributed by atoms with Gasteiger partial charge >= 0.3 is 0 Å². The summed E-state index contributed by atoms with van der Waals surface area (Å²) < 4.78 is 13.5. The fourth-order valence-corrected chi connectivity index (χ4v) is 7.24. The fourth-order valence-electron chi connectivity index (χ4n) is 7.24. The normalized spacial score (nSPS) is 23.0. The van der Waals surface area contributed by atoms with Crippen molar-refractivity contribution in [3.63, 3.8) is 0 Å². The van der Waals surface area contributed by atoms with Crippen LogP contribution in [0.15, 0.2) is 60.8 Å². The summed E-state index contributed by atoms with van der Waals surface area (Å²) >= 11 is 0. The summed E-state index contributed by atoms with van der Waals surface area (Å²) in [6, 6.07) is 0.542. The molecule has 48 heavy (non-hydrogen) atoms. The Morgan fingerprint density at radius 3 is 1.23 bits per heavy atom. The molecule has 2 aliphatic rings. The molecular weight excluding hydrogens is 587 g/mol. The van der Waals surface area contributed by atoms with Gasteiger partial charge in [0.1, 0.15) is 0 Å². The van der Waals surface area contributed by atoms with Crippen LogP contribution in [0.3, 0.4) is 0 Å². The van der Waals surface area contributed by atoms with E-state index in [4.69, 9.17) is 9.47 Å². The van der Waals surface area contributed by atoms with Crippen molar-refractivity contribution >= 4 is 0 Å². The van der Waals surface area contributed by atoms with Gasteiger partial charge in [0.25, 0.3) is 0 Å². The lowest BCUT2D eigenvalue weighted by Gasteiger charge is -2.30. The van der Waals surface area contributed by atoms with Gasteiger partial charge in [-0.3, -0.25) is 0 Å². The molecule has 1 aliphatic carbocycles. The summed E-state index contributed by atoms with van der Waals surface area (Å²) in [6.07, 6.45) is 59.0. The monoisotopic (exact) mass is 666 g/mol. The number of hydrogen-bond acceptors (Lipinski definition) is 3. The van der Waals surface area contributed by atoms with Crippen molar-refractivity contribution in [2.75, 3.05) is 7.05 Å². The highest BCUT2D eigenvalue weighted by Gasteiger charge is 2.50. The summed E-state index contributed by atoms with van der Waals surface area (Å²) in [4.78, 5) is 0. The molecule has 2 unspecified atom stereocenters. The average molecular weight is 666 g/mol. The van der Waals surface area contributed by atoms with Gasteiger partial charge in [0.05, 0.1) is 12.2 Å². The molecule has 4 atom stereocenters. The minimum Gasteiger partial charge on any atom is -0.344 e. The number of ether oxygens (including phenoxy) is 2. The van der Waals surface area contributed by atoms with Gasteiger partial charge in [-0.2, -0.15) is 0 Å². The van der Waals surface area contributed by atoms with Crippen LogP contribution in [0.1, 0.15) is 194 Å². The smallest absolute Gasteiger partial charge is 0.169 e. The van der Waals surface area contributed by atoms with Crippen LogP contribution in [0.5, 0.6) is 0 Å². The quantitative estimate of drug-likeness (QED) is 0.0573. The molecule has 1 saturated heterocycles. The molecule has 2 rings (SSSR count). The zero-order valence-electron chi connectivity index (χ0n) is 32.1. The molecule has 0 aromatic rings. The largest absolute Gasteiger partial charge is 0.344 e. The molecule has 0 aromatic carbocycles. The molecular formula is C45H79NO2. The first kappa shape index (κ1) is 42.7. The van der Waals surface area contributed by atoms with Crippen LogP contribution in [0.25, 0.3) is 0 Å². The van der Waals surface area contributed by atoms with Gasteiger partial charge in [0.15, 0.2) is 5.79 Å². The molecule has 3 nitrogen and oxygen atoms in total. The Bertz CT molecular complexity index is 856. The number of allylic oxidation sites excluding steroid dienone is 10. The molecule has 1 saturated carbocycles. The second kappa shape index (κ2) is 30.4. The van der Waals surface area contributed by atoms with Crippen LogP contribution in [0, 0.1) is 0 Å². The van der Waals surface area contributed by atoms with Crippen molar-refractivity contribution in [2.45, 2.75) is 218 Å². The second-order valence-electron chi connectivity index (χ2n) is 14.7. The molecule has 0 radical (unpaired) electrons. The van der Waals surface area contributed by atoms with Gasteiger partial charge in [0, 0.05) is 18.9 Å². The van der Waals surface area contributed by atoms with E-state index in [0.717, 1.165) is 51.4 Å². The van der Waals surface area contributed by atoms with E-state index < -0.39 is 0 Å². The van der Waals surface area contributed by atoms with Gasteiger partial charge in [-0.15, -0.1) is 0 Å². The third kappa shape index (κ3) is 21.6. The van der Waals surface area contributed by atoms with E-state index in [9.17, 15) is 0 Å². The standard InChI is InChI=1S/C45H79NO2/c1-4-6-8-10-12-14-16-18-20-22-23-25-27-29-31-33-35-37-39-45(47-43-40-42(46-3)41-44(43)48-45)38-36-34-32-30-28-26-24-21-19-17-15-13-11-9-7-5-2/h15-18,21-24,28,30,42-44,46H,4-14,19-20,25-27,29,31-41H2,1-3H3/b17-15-,18-16-,23-22-,24-21-,30-28-/t42?,43-,44+,45?. The Labute approximate surface area is 299 Å². The van der Waals surface area contributed by atoms with Crippen molar-refractivity contribution < 1.29 is 9.47 Å². The average Bonchev–Trinajstić information content (AvgIpc) is 3.63. The highest BCUT2D eigenvalue weighted by molar-refractivity contribution is 4.98. The van der Waals surface area contributed by atoms with E-state index in [0.29, 0.717) is 6.04 Å². The summed E-state index contributed by atoms with van der Waals surface area (Å²) in [5.41, 5.74) is 0. The lowest BCUT2D eigenvalue weighted by molar-refractivity contribution is -0.191. The lowest BCUT2D eigenvalue weighted by atomic mass is 9.99. The molecule has 0 bridgehead atoms. The zero-order valence-corrected chi connectivity index (χ0v) is 32.1. The van der Waals surface area contributed by atoms with Crippen LogP contribution >= 0.6 is 0 Å². The lowest BCUT2D eigenvalue weighted by Crippen LogP contribution is -2.34. The predicted octanol–water partition coefficient (Wildman–Crippen LogP) is 13.8. The van der Waals surface area contributed by atoms with Crippen molar-refractivity contribution in [3.8, 4) is 0 Å². The number of fused-ring (bicyclic) bond motifs is 1. The third-order valence-electron chi connectivity index (χ3n) is 10.3. The van der Waals surface area contributed by atoms with E-state index in [1.807, 2.05) is 0 Å². The van der Waals surface area contributed by atoms with Crippen LogP contribution in [0.2, 0.25) is 0 Å². The summed E-state index contributed by atoms with van der Waals surface area (Å²) in [6.45, 7) is 4.56. The first-order valence-corrected chi connectivity index (χ1v) is 21.0. The zero-order chi connectivity index (χ0) is 34.2. The highest BCUT2D eigenvalue weighted by atomic mass is 16.8. The molecule has 3 heteroatoms. The van der Waals surface area contributed by atoms with Gasteiger partial charge < -0.3 is 14.8 Å². The van der Waals surface area contributed by atoms with Crippen molar-refractivity contribution in [1.82, 2.24) is 5.32 Å². The maximum absolute atomic E-state index is 6.76. The first-order chi connectivity index (χ1) is 23.7. The Morgan fingerprint density at radius 2 is 0.792 bits per heavy atom. The molecule has 1 N–H and O–H groups in total. The van der Waals surface area contributed by atoms with E-state index in [-0.39, 0.29) is 18.0 Å². The van der Waals surface area contributed by atoms with Crippen molar-refractivity contribution in [1.29, 1.82) is 0 Å². The maximum Gasteiger partial charge on any atom is 0.169 e. The van der Waals surface area contributed by atoms with E-state index in [1.54, 1.807) is 0 Å². The number of unbranched alkanes of at least 4 members (excludes halogenated alkanes) is 17. The minimum absolute atomic E-state index is 0.282. The number of nitrogens with one attached hydrogen (secondary N) is 1. The molecule has 1 aliphatic heterocycles.